The van der Waals surface area contributed by atoms with Gasteiger partial charge in [0.1, 0.15) is 13.1 Å². The summed E-state index contributed by atoms with van der Waals surface area (Å²) in [5.41, 5.74) is 0. The van der Waals surface area contributed by atoms with Gasteiger partial charge in [0, 0.05) is 13.1 Å². The highest BCUT2D eigenvalue weighted by Gasteiger charge is 2.24. The topological polar surface area (TPSA) is 122 Å². The van der Waals surface area contributed by atoms with E-state index in [9.17, 15) is 14.4 Å². The molecule has 0 bridgehead atoms. The van der Waals surface area contributed by atoms with E-state index in [2.05, 4.69) is 0 Å². The number of urea groups is 1. The summed E-state index contributed by atoms with van der Waals surface area (Å²) in [4.78, 5) is 35.2. The quantitative estimate of drug-likeness (QED) is 0.675. The Morgan fingerprint density at radius 1 is 1.16 bits per heavy atom. The molecule has 1 unspecified atom stereocenters. The van der Waals surface area contributed by atoms with Crippen molar-refractivity contribution in [2.45, 2.75) is 13.8 Å². The van der Waals surface area contributed by atoms with E-state index in [1.54, 1.807) is 13.8 Å². The Morgan fingerprint density at radius 2 is 1.63 bits per heavy atom. The molecule has 0 fully saturated rings. The standard InChI is InChI=1S/C11H17N3O5/c1-3-13(5-8(2)4-12)11(19)14(6-9(15)16)7-10(17)18/h8H,3,5-7H2,1-2H3,(H,15,16)(H,17,18). The molecule has 0 saturated heterocycles. The van der Waals surface area contributed by atoms with Crippen LogP contribution in [0.15, 0.2) is 0 Å². The Morgan fingerprint density at radius 3 is 1.95 bits per heavy atom. The van der Waals surface area contributed by atoms with Crippen LogP contribution in [0.2, 0.25) is 0 Å². The van der Waals surface area contributed by atoms with Crippen LogP contribution in [-0.2, 0) is 9.59 Å². The SMILES string of the molecule is CCN(CC(C)C#N)C(=O)N(CC(=O)O)CC(=O)O. The highest BCUT2D eigenvalue weighted by molar-refractivity contribution is 5.84. The van der Waals surface area contributed by atoms with Crippen molar-refractivity contribution < 1.29 is 24.6 Å². The first-order valence-electron chi connectivity index (χ1n) is 5.68. The van der Waals surface area contributed by atoms with Gasteiger partial charge in [0.05, 0.1) is 12.0 Å². The van der Waals surface area contributed by atoms with E-state index in [0.29, 0.717) is 0 Å². The average molecular weight is 271 g/mol. The van der Waals surface area contributed by atoms with Gasteiger partial charge in [-0.2, -0.15) is 5.26 Å². The summed E-state index contributed by atoms with van der Waals surface area (Å²) in [7, 11) is 0. The number of rotatable bonds is 7. The third kappa shape index (κ3) is 6.26. The van der Waals surface area contributed by atoms with Crippen LogP contribution in [0.3, 0.4) is 0 Å². The highest BCUT2D eigenvalue weighted by Crippen LogP contribution is 2.04. The normalized spacial score (nSPS) is 11.2. The van der Waals surface area contributed by atoms with Gasteiger partial charge in [-0.25, -0.2) is 4.79 Å². The molecule has 19 heavy (non-hydrogen) atoms. The molecule has 8 nitrogen and oxygen atoms in total. The summed E-state index contributed by atoms with van der Waals surface area (Å²) in [6.07, 6.45) is 0. The highest BCUT2D eigenvalue weighted by atomic mass is 16.4. The molecule has 8 heteroatoms. The predicted molar refractivity (Wildman–Crippen MR) is 64.3 cm³/mol. The fourth-order valence-electron chi connectivity index (χ4n) is 1.43. The lowest BCUT2D eigenvalue weighted by molar-refractivity contribution is -0.140. The number of carboxylic acid groups (broad SMARTS) is 2. The van der Waals surface area contributed by atoms with Crippen LogP contribution >= 0.6 is 0 Å². The van der Waals surface area contributed by atoms with Gasteiger partial charge in [0.2, 0.25) is 0 Å². The second kappa shape index (κ2) is 7.92. The molecular weight excluding hydrogens is 254 g/mol. The van der Waals surface area contributed by atoms with Gasteiger partial charge in [0.25, 0.3) is 0 Å². The maximum atomic E-state index is 12.0. The van der Waals surface area contributed by atoms with E-state index >= 15 is 0 Å². The summed E-state index contributed by atoms with van der Waals surface area (Å²) in [6.45, 7) is 2.30. The molecule has 0 heterocycles. The number of hydrogen-bond donors (Lipinski definition) is 2. The fourth-order valence-corrected chi connectivity index (χ4v) is 1.43. The monoisotopic (exact) mass is 271 g/mol. The molecule has 1 atom stereocenters. The summed E-state index contributed by atoms with van der Waals surface area (Å²) in [6, 6.07) is 1.26. The third-order valence-corrected chi connectivity index (χ3v) is 2.29. The van der Waals surface area contributed by atoms with Crippen molar-refractivity contribution in [1.29, 1.82) is 5.26 Å². The van der Waals surface area contributed by atoms with Crippen LogP contribution in [-0.4, -0.2) is 64.2 Å². The Balaban J connectivity index is 4.87. The number of nitrogens with zero attached hydrogens (tertiary/aromatic N) is 3. The van der Waals surface area contributed by atoms with E-state index < -0.39 is 37.0 Å². The Bertz CT molecular complexity index is 374. The van der Waals surface area contributed by atoms with E-state index in [4.69, 9.17) is 15.5 Å². The van der Waals surface area contributed by atoms with Crippen LogP contribution in [0.25, 0.3) is 0 Å². The summed E-state index contributed by atoms with van der Waals surface area (Å²) in [5.74, 6) is -3.00. The number of nitriles is 1. The molecule has 0 aliphatic rings. The number of carbonyl (C=O) groups excluding carboxylic acids is 1. The van der Waals surface area contributed by atoms with Gasteiger partial charge >= 0.3 is 18.0 Å². The van der Waals surface area contributed by atoms with Crippen molar-refractivity contribution in [2.24, 2.45) is 5.92 Å². The first kappa shape index (κ1) is 16.7. The second-order valence-corrected chi connectivity index (χ2v) is 3.99. The van der Waals surface area contributed by atoms with Crippen LogP contribution in [0.1, 0.15) is 13.8 Å². The Labute approximate surface area is 110 Å². The zero-order valence-electron chi connectivity index (χ0n) is 10.9. The molecule has 2 N–H and O–H groups in total. The van der Waals surface area contributed by atoms with E-state index in [0.717, 1.165) is 4.90 Å². The average Bonchev–Trinajstić information content (AvgIpc) is 2.32. The smallest absolute Gasteiger partial charge is 0.323 e. The van der Waals surface area contributed by atoms with Crippen LogP contribution in [0.5, 0.6) is 0 Å². The Hall–Kier alpha value is -2.30. The molecule has 106 valence electrons. The molecule has 0 saturated carbocycles. The zero-order chi connectivity index (χ0) is 15.0. The molecule has 0 spiro atoms. The van der Waals surface area contributed by atoms with Gasteiger partial charge in [0.15, 0.2) is 0 Å². The molecule has 0 rings (SSSR count). The van der Waals surface area contributed by atoms with Gasteiger partial charge < -0.3 is 20.0 Å². The Kier molecular flexibility index (Phi) is 6.96. The minimum absolute atomic E-state index is 0.127. The zero-order valence-corrected chi connectivity index (χ0v) is 10.9. The van der Waals surface area contributed by atoms with Crippen molar-refractivity contribution in [3.63, 3.8) is 0 Å². The van der Waals surface area contributed by atoms with E-state index in [1.165, 1.54) is 4.90 Å². The largest absolute Gasteiger partial charge is 0.480 e. The molecule has 0 radical (unpaired) electrons. The second-order valence-electron chi connectivity index (χ2n) is 3.99. The summed E-state index contributed by atoms with van der Waals surface area (Å²) >= 11 is 0. The molecule has 0 aliphatic heterocycles. The number of carboxylic acids is 2. The molecular formula is C11H17N3O5. The van der Waals surface area contributed by atoms with Crippen molar-refractivity contribution in [1.82, 2.24) is 9.80 Å². The van der Waals surface area contributed by atoms with Gasteiger partial charge in [-0.05, 0) is 13.8 Å². The molecule has 2 amide bonds. The maximum Gasteiger partial charge on any atom is 0.323 e. The van der Waals surface area contributed by atoms with E-state index in [-0.39, 0.29) is 13.1 Å². The fraction of sp³-hybridized carbons (Fsp3) is 0.636. The lowest BCUT2D eigenvalue weighted by atomic mass is 10.2. The lowest BCUT2D eigenvalue weighted by Crippen LogP contribution is -2.48. The first-order chi connectivity index (χ1) is 8.81. The minimum atomic E-state index is -1.29. The van der Waals surface area contributed by atoms with Crippen LogP contribution < -0.4 is 0 Å². The lowest BCUT2D eigenvalue weighted by Gasteiger charge is -2.28. The predicted octanol–water partition coefficient (Wildman–Crippen LogP) is 0.0592. The molecule has 0 aromatic rings. The minimum Gasteiger partial charge on any atom is -0.480 e. The summed E-state index contributed by atoms with van der Waals surface area (Å²) in [5, 5.41) is 26.0. The maximum absolute atomic E-state index is 12.0. The molecule has 0 aliphatic carbocycles. The summed E-state index contributed by atoms with van der Waals surface area (Å²) < 4.78 is 0. The van der Waals surface area contributed by atoms with Gasteiger partial charge in [-0.3, -0.25) is 9.59 Å². The van der Waals surface area contributed by atoms with Crippen LogP contribution in [0.4, 0.5) is 4.79 Å². The van der Waals surface area contributed by atoms with Crippen LogP contribution in [0, 0.1) is 17.2 Å². The number of amides is 2. The number of aliphatic carboxylic acids is 2. The van der Waals surface area contributed by atoms with Gasteiger partial charge in [-0.1, -0.05) is 0 Å². The molecule has 0 aromatic carbocycles. The number of carbonyl (C=O) groups is 3. The third-order valence-electron chi connectivity index (χ3n) is 2.29. The van der Waals surface area contributed by atoms with Crippen molar-refractivity contribution >= 4 is 18.0 Å². The van der Waals surface area contributed by atoms with Crippen molar-refractivity contribution in [3.05, 3.63) is 0 Å². The van der Waals surface area contributed by atoms with E-state index in [1.807, 2.05) is 6.07 Å². The van der Waals surface area contributed by atoms with Crippen molar-refractivity contribution in [3.8, 4) is 6.07 Å². The van der Waals surface area contributed by atoms with Crippen molar-refractivity contribution in [2.75, 3.05) is 26.2 Å². The number of hydrogen-bond acceptors (Lipinski definition) is 4. The van der Waals surface area contributed by atoms with Gasteiger partial charge in [-0.15, -0.1) is 0 Å². The molecule has 0 aromatic heterocycles. The first-order valence-corrected chi connectivity index (χ1v) is 5.68.